The Labute approximate surface area is 115 Å². The molecule has 94 valence electrons. The van der Waals surface area contributed by atoms with E-state index in [9.17, 15) is 0 Å². The maximum absolute atomic E-state index is 4.35. The van der Waals surface area contributed by atoms with Crippen molar-refractivity contribution in [3.05, 3.63) is 46.8 Å². The zero-order valence-corrected chi connectivity index (χ0v) is 12.0. The maximum Gasteiger partial charge on any atom is 0.128 e. The minimum Gasteiger partial charge on any atom is -0.380 e. The van der Waals surface area contributed by atoms with Crippen LogP contribution >= 0.6 is 15.9 Å². The number of nitrogens with one attached hydrogen (secondary N) is 1. The average Bonchev–Trinajstić information content (AvgIpc) is 2.37. The van der Waals surface area contributed by atoms with Gasteiger partial charge in [-0.1, -0.05) is 0 Å². The molecular formula is C13H15BrN4. The monoisotopic (exact) mass is 306 g/mol. The summed E-state index contributed by atoms with van der Waals surface area (Å²) in [7, 11) is 3.95. The summed E-state index contributed by atoms with van der Waals surface area (Å²) in [6.45, 7) is 0.732. The van der Waals surface area contributed by atoms with Crippen LogP contribution in [0.1, 0.15) is 5.56 Å². The van der Waals surface area contributed by atoms with Gasteiger partial charge in [-0.05, 0) is 39.7 Å². The van der Waals surface area contributed by atoms with Crippen LogP contribution in [-0.2, 0) is 6.54 Å². The third kappa shape index (κ3) is 3.43. The van der Waals surface area contributed by atoms with Crippen molar-refractivity contribution in [1.29, 1.82) is 0 Å². The Morgan fingerprint density at radius 1 is 1.22 bits per heavy atom. The Bertz CT molecular complexity index is 511. The number of hydrogen-bond acceptors (Lipinski definition) is 4. The molecular weight excluding hydrogens is 292 g/mol. The topological polar surface area (TPSA) is 41.0 Å². The van der Waals surface area contributed by atoms with E-state index in [1.807, 2.05) is 49.6 Å². The molecule has 0 saturated carbocycles. The SMILES string of the molecule is CN(C)c1ccc(NCc2cncc(Br)c2)cn1. The van der Waals surface area contributed by atoms with E-state index in [0.29, 0.717) is 0 Å². The molecule has 4 nitrogen and oxygen atoms in total. The van der Waals surface area contributed by atoms with Crippen LogP contribution in [0.5, 0.6) is 0 Å². The van der Waals surface area contributed by atoms with Gasteiger partial charge in [0.2, 0.25) is 0 Å². The number of nitrogens with zero attached hydrogens (tertiary/aromatic N) is 3. The van der Waals surface area contributed by atoms with Gasteiger partial charge in [0.25, 0.3) is 0 Å². The quantitative estimate of drug-likeness (QED) is 0.943. The number of pyridine rings is 2. The summed E-state index contributed by atoms with van der Waals surface area (Å²) >= 11 is 3.41. The van der Waals surface area contributed by atoms with Crippen LogP contribution in [0.4, 0.5) is 11.5 Å². The first-order valence-electron chi connectivity index (χ1n) is 5.62. The molecule has 1 N–H and O–H groups in total. The molecule has 2 aromatic heterocycles. The van der Waals surface area contributed by atoms with E-state index >= 15 is 0 Å². The van der Waals surface area contributed by atoms with Gasteiger partial charge < -0.3 is 10.2 Å². The first-order valence-corrected chi connectivity index (χ1v) is 6.41. The predicted molar refractivity (Wildman–Crippen MR) is 77.8 cm³/mol. The molecule has 0 saturated heterocycles. The summed E-state index contributed by atoms with van der Waals surface area (Å²) in [6.07, 6.45) is 5.46. The van der Waals surface area contributed by atoms with Crippen molar-refractivity contribution >= 4 is 27.4 Å². The fourth-order valence-corrected chi connectivity index (χ4v) is 1.92. The fraction of sp³-hybridized carbons (Fsp3) is 0.231. The first kappa shape index (κ1) is 12.8. The van der Waals surface area contributed by atoms with Crippen LogP contribution < -0.4 is 10.2 Å². The van der Waals surface area contributed by atoms with Crippen LogP contribution in [-0.4, -0.2) is 24.1 Å². The van der Waals surface area contributed by atoms with Crippen LogP contribution in [0.3, 0.4) is 0 Å². The molecule has 0 radical (unpaired) electrons. The molecule has 0 aromatic carbocycles. The lowest BCUT2D eigenvalue weighted by molar-refractivity contribution is 1.06. The lowest BCUT2D eigenvalue weighted by atomic mass is 10.3. The summed E-state index contributed by atoms with van der Waals surface area (Å²) in [4.78, 5) is 10.4. The van der Waals surface area contributed by atoms with Gasteiger partial charge >= 0.3 is 0 Å². The van der Waals surface area contributed by atoms with Gasteiger partial charge in [0.1, 0.15) is 5.82 Å². The third-order valence-corrected chi connectivity index (χ3v) is 2.90. The van der Waals surface area contributed by atoms with Crippen molar-refractivity contribution in [3.8, 4) is 0 Å². The molecule has 0 spiro atoms. The van der Waals surface area contributed by atoms with E-state index < -0.39 is 0 Å². The van der Waals surface area contributed by atoms with E-state index in [4.69, 9.17) is 0 Å². The van der Waals surface area contributed by atoms with E-state index in [-0.39, 0.29) is 0 Å². The maximum atomic E-state index is 4.35. The summed E-state index contributed by atoms with van der Waals surface area (Å²) in [5, 5.41) is 3.31. The Balaban J connectivity index is 1.98. The summed E-state index contributed by atoms with van der Waals surface area (Å²) < 4.78 is 0.989. The molecule has 18 heavy (non-hydrogen) atoms. The molecule has 2 aromatic rings. The number of hydrogen-bond donors (Lipinski definition) is 1. The Hall–Kier alpha value is -1.62. The fourth-order valence-electron chi connectivity index (χ4n) is 1.51. The molecule has 0 aliphatic carbocycles. The molecule has 0 aliphatic rings. The predicted octanol–water partition coefficient (Wildman–Crippen LogP) is 2.92. The third-order valence-electron chi connectivity index (χ3n) is 2.46. The van der Waals surface area contributed by atoms with Gasteiger partial charge in [-0.25, -0.2) is 4.98 Å². The molecule has 0 aliphatic heterocycles. The van der Waals surface area contributed by atoms with Crippen molar-refractivity contribution in [2.45, 2.75) is 6.54 Å². The van der Waals surface area contributed by atoms with Crippen molar-refractivity contribution in [3.63, 3.8) is 0 Å². The molecule has 0 amide bonds. The Morgan fingerprint density at radius 2 is 2.06 bits per heavy atom. The van der Waals surface area contributed by atoms with Crippen LogP contribution in [0.2, 0.25) is 0 Å². The molecule has 0 unspecified atom stereocenters. The normalized spacial score (nSPS) is 10.2. The van der Waals surface area contributed by atoms with Gasteiger partial charge in [-0.15, -0.1) is 0 Å². The highest BCUT2D eigenvalue weighted by molar-refractivity contribution is 9.10. The number of anilines is 2. The lowest BCUT2D eigenvalue weighted by Gasteiger charge is -2.12. The van der Waals surface area contributed by atoms with Crippen LogP contribution in [0, 0.1) is 0 Å². The van der Waals surface area contributed by atoms with E-state index in [2.05, 4.69) is 31.2 Å². The van der Waals surface area contributed by atoms with E-state index in [1.165, 1.54) is 0 Å². The lowest BCUT2D eigenvalue weighted by Crippen LogP contribution is -2.10. The van der Waals surface area contributed by atoms with Crippen LogP contribution in [0.15, 0.2) is 41.3 Å². The summed E-state index contributed by atoms with van der Waals surface area (Å²) in [5.41, 5.74) is 2.13. The zero-order valence-electron chi connectivity index (χ0n) is 10.4. The summed E-state index contributed by atoms with van der Waals surface area (Å²) in [5.74, 6) is 0.949. The largest absolute Gasteiger partial charge is 0.380 e. The highest BCUT2D eigenvalue weighted by Crippen LogP contribution is 2.14. The highest BCUT2D eigenvalue weighted by atomic mass is 79.9. The second-order valence-corrected chi connectivity index (χ2v) is 5.08. The van der Waals surface area contributed by atoms with Gasteiger partial charge in [0.05, 0.1) is 11.9 Å². The van der Waals surface area contributed by atoms with Crippen molar-refractivity contribution in [2.75, 3.05) is 24.3 Å². The van der Waals surface area contributed by atoms with E-state index in [1.54, 1.807) is 6.20 Å². The minimum atomic E-state index is 0.732. The zero-order chi connectivity index (χ0) is 13.0. The number of aromatic nitrogens is 2. The molecule has 0 atom stereocenters. The smallest absolute Gasteiger partial charge is 0.128 e. The van der Waals surface area contributed by atoms with Crippen molar-refractivity contribution in [2.24, 2.45) is 0 Å². The molecule has 5 heteroatoms. The van der Waals surface area contributed by atoms with Gasteiger partial charge in [0.15, 0.2) is 0 Å². The molecule has 2 heterocycles. The van der Waals surface area contributed by atoms with Gasteiger partial charge in [0, 0.05) is 37.5 Å². The van der Waals surface area contributed by atoms with Crippen LogP contribution in [0.25, 0.3) is 0 Å². The Kier molecular flexibility index (Phi) is 4.15. The Morgan fingerprint density at radius 3 is 2.67 bits per heavy atom. The second kappa shape index (κ2) is 5.82. The minimum absolute atomic E-state index is 0.732. The number of halogens is 1. The second-order valence-electron chi connectivity index (χ2n) is 4.16. The first-order chi connectivity index (χ1) is 8.65. The molecule has 0 bridgehead atoms. The van der Waals surface area contributed by atoms with Gasteiger partial charge in [-0.2, -0.15) is 0 Å². The van der Waals surface area contributed by atoms with Crippen molar-refractivity contribution in [1.82, 2.24) is 9.97 Å². The molecule has 0 fully saturated rings. The standard InChI is InChI=1S/C13H15BrN4/c1-18(2)13-4-3-12(9-17-13)16-7-10-5-11(14)8-15-6-10/h3-6,8-9,16H,7H2,1-2H3. The van der Waals surface area contributed by atoms with Gasteiger partial charge in [-0.3, -0.25) is 4.98 Å². The number of rotatable bonds is 4. The summed E-state index contributed by atoms with van der Waals surface area (Å²) in [6, 6.07) is 6.05. The highest BCUT2D eigenvalue weighted by Gasteiger charge is 1.98. The van der Waals surface area contributed by atoms with E-state index in [0.717, 1.165) is 28.1 Å². The molecule has 2 rings (SSSR count). The average molecular weight is 307 g/mol. The van der Waals surface area contributed by atoms with Crippen molar-refractivity contribution < 1.29 is 0 Å².